The number of carbonyl (C=O) groups is 1. The zero-order chi connectivity index (χ0) is 28.8. The average molecular weight is 573 g/mol. The summed E-state index contributed by atoms with van der Waals surface area (Å²) in [6.45, 7) is 4.83. The van der Waals surface area contributed by atoms with Gasteiger partial charge >= 0.3 is 0 Å². The van der Waals surface area contributed by atoms with Crippen LogP contribution < -0.4 is 0 Å². The van der Waals surface area contributed by atoms with Gasteiger partial charge in [0.05, 0.1) is 23.1 Å². The van der Waals surface area contributed by atoms with Crippen molar-refractivity contribution in [3.8, 4) is 17.2 Å². The Morgan fingerprint density at radius 2 is 1.65 bits per heavy atom. The Hall–Kier alpha value is -3.84. The third-order valence-electron chi connectivity index (χ3n) is 10.1. The number of fused-ring (bicyclic) bond motifs is 3. The molecule has 4 heterocycles. The maximum Gasteiger partial charge on any atom is 0.257 e. The predicted molar refractivity (Wildman–Crippen MR) is 167 cm³/mol. The highest BCUT2D eigenvalue weighted by Gasteiger charge is 2.42. The summed E-state index contributed by atoms with van der Waals surface area (Å²) in [7, 11) is 0. The second-order valence-corrected chi connectivity index (χ2v) is 13.3. The Morgan fingerprint density at radius 1 is 0.860 bits per heavy atom. The fourth-order valence-corrected chi connectivity index (χ4v) is 7.96. The number of piperidine rings is 2. The molecule has 220 valence electrons. The van der Waals surface area contributed by atoms with Gasteiger partial charge < -0.3 is 4.90 Å². The molecule has 1 amide bonds. The van der Waals surface area contributed by atoms with Crippen LogP contribution in [0.25, 0.3) is 17.2 Å². The fraction of sp³-hybridized carbons (Fsp3) is 0.444. The maximum absolute atomic E-state index is 14.3. The van der Waals surface area contributed by atoms with Crippen LogP contribution >= 0.6 is 0 Å². The number of hydrogen-bond donors (Lipinski definition) is 0. The van der Waals surface area contributed by atoms with Crippen molar-refractivity contribution in [1.82, 2.24) is 29.5 Å². The van der Waals surface area contributed by atoms with E-state index in [9.17, 15) is 4.79 Å². The number of rotatable bonds is 5. The minimum atomic E-state index is 0.132. The van der Waals surface area contributed by atoms with Crippen LogP contribution in [0.4, 0.5) is 0 Å². The Bertz CT molecular complexity index is 1640. The van der Waals surface area contributed by atoms with Crippen molar-refractivity contribution in [2.75, 3.05) is 26.2 Å². The van der Waals surface area contributed by atoms with E-state index in [4.69, 9.17) is 15.1 Å². The zero-order valence-corrected chi connectivity index (χ0v) is 24.9. The van der Waals surface area contributed by atoms with Crippen LogP contribution in [-0.4, -0.2) is 61.6 Å². The Labute approximate surface area is 254 Å². The molecule has 2 aromatic heterocycles. The van der Waals surface area contributed by atoms with E-state index in [0.717, 1.165) is 88.2 Å². The zero-order valence-electron chi connectivity index (χ0n) is 24.9. The first kappa shape index (κ1) is 26.8. The molecule has 0 bridgehead atoms. The lowest BCUT2D eigenvalue weighted by atomic mass is 9.73. The molecule has 3 fully saturated rings. The van der Waals surface area contributed by atoms with Gasteiger partial charge in [0.1, 0.15) is 0 Å². The van der Waals surface area contributed by atoms with Gasteiger partial charge in [0.15, 0.2) is 0 Å². The lowest BCUT2D eigenvalue weighted by Crippen LogP contribution is -2.53. The third kappa shape index (κ3) is 5.18. The highest BCUT2D eigenvalue weighted by Crippen LogP contribution is 2.44. The summed E-state index contributed by atoms with van der Waals surface area (Å²) in [4.78, 5) is 28.9. The van der Waals surface area contributed by atoms with Crippen LogP contribution in [0.2, 0.25) is 0 Å². The Morgan fingerprint density at radius 3 is 2.51 bits per heavy atom. The van der Waals surface area contributed by atoms with Gasteiger partial charge in [-0.05, 0) is 81.0 Å². The predicted octanol–water partition coefficient (Wildman–Crippen LogP) is 6.21. The van der Waals surface area contributed by atoms with Crippen molar-refractivity contribution < 1.29 is 4.79 Å². The average Bonchev–Trinajstić information content (AvgIpc) is 3.82. The van der Waals surface area contributed by atoms with Crippen LogP contribution in [0.5, 0.6) is 0 Å². The van der Waals surface area contributed by atoms with Crippen molar-refractivity contribution in [2.24, 2.45) is 5.41 Å². The first-order valence-corrected chi connectivity index (χ1v) is 16.2. The number of carbonyl (C=O) groups excluding carboxylic acids is 1. The molecule has 0 radical (unpaired) electrons. The minimum Gasteiger partial charge on any atom is -0.338 e. The van der Waals surface area contributed by atoms with Crippen molar-refractivity contribution >= 4 is 5.91 Å². The topological polar surface area (TPSA) is 67.2 Å². The van der Waals surface area contributed by atoms with Crippen LogP contribution in [0.3, 0.4) is 0 Å². The Balaban J connectivity index is 1.07. The second kappa shape index (κ2) is 11.0. The quantitative estimate of drug-likeness (QED) is 0.284. The molecule has 1 atom stereocenters. The summed E-state index contributed by atoms with van der Waals surface area (Å²) >= 11 is 0. The molecule has 1 spiro atoms. The number of likely N-dealkylation sites (tertiary alicyclic amines) is 2. The molecule has 2 aromatic carbocycles. The summed E-state index contributed by atoms with van der Waals surface area (Å²) in [5, 5.41) is 4.79. The van der Waals surface area contributed by atoms with Gasteiger partial charge in [-0.15, -0.1) is 0 Å². The summed E-state index contributed by atoms with van der Waals surface area (Å²) in [5.41, 5.74) is 8.03. The number of nitrogens with zero attached hydrogens (tertiary/aromatic N) is 6. The molecule has 1 saturated carbocycles. The van der Waals surface area contributed by atoms with E-state index in [1.165, 1.54) is 41.5 Å². The molecule has 1 unspecified atom stereocenters. The molecular formula is C36H40N6O. The van der Waals surface area contributed by atoms with Crippen LogP contribution in [0, 0.1) is 5.41 Å². The number of benzene rings is 2. The first-order valence-electron chi connectivity index (χ1n) is 16.2. The molecule has 4 aliphatic rings. The van der Waals surface area contributed by atoms with Crippen molar-refractivity contribution in [1.29, 1.82) is 0 Å². The summed E-state index contributed by atoms with van der Waals surface area (Å²) in [6, 6.07) is 19.4. The van der Waals surface area contributed by atoms with Gasteiger partial charge in [0.2, 0.25) is 0 Å². The number of amides is 1. The fourth-order valence-electron chi connectivity index (χ4n) is 7.96. The standard InChI is InChI=1S/C36H40N6O/c43-34(41-20-8-18-36(25-41)17-7-19-40(24-36)23-26-9-2-1-3-10-26)31-22-38-42(33(31)28-15-16-28)35-37-21-29-13-6-12-27-11-4-5-14-30(27)32(29)39-35/h1-5,9-11,14,21-22,28H,6-8,12-13,15-20,23-25H2. The lowest BCUT2D eigenvalue weighted by Gasteiger charge is -2.48. The highest BCUT2D eigenvalue weighted by atomic mass is 16.2. The largest absolute Gasteiger partial charge is 0.338 e. The smallest absolute Gasteiger partial charge is 0.257 e. The summed E-state index contributed by atoms with van der Waals surface area (Å²) in [6.07, 6.45) is 13.7. The van der Waals surface area contributed by atoms with E-state index in [1.807, 2.05) is 10.9 Å². The van der Waals surface area contributed by atoms with Gasteiger partial charge in [0, 0.05) is 49.3 Å². The number of hydrogen-bond acceptors (Lipinski definition) is 5. The van der Waals surface area contributed by atoms with E-state index in [0.29, 0.717) is 11.9 Å². The molecular weight excluding hydrogens is 532 g/mol. The van der Waals surface area contributed by atoms with Crippen LogP contribution in [0.15, 0.2) is 67.0 Å². The van der Waals surface area contributed by atoms with Gasteiger partial charge in [0.25, 0.3) is 11.9 Å². The lowest BCUT2D eigenvalue weighted by molar-refractivity contribution is 0.0113. The number of aromatic nitrogens is 4. The van der Waals surface area contributed by atoms with Crippen molar-refractivity contribution in [2.45, 2.75) is 70.3 Å². The number of aryl methyl sites for hydroxylation is 2. The van der Waals surface area contributed by atoms with E-state index in [-0.39, 0.29) is 11.3 Å². The second-order valence-electron chi connectivity index (χ2n) is 13.3. The van der Waals surface area contributed by atoms with Gasteiger partial charge in [-0.1, -0.05) is 54.6 Å². The Kier molecular flexibility index (Phi) is 6.86. The third-order valence-corrected chi connectivity index (χ3v) is 10.1. The van der Waals surface area contributed by atoms with Gasteiger partial charge in [-0.3, -0.25) is 9.69 Å². The van der Waals surface area contributed by atoms with Crippen LogP contribution in [0.1, 0.15) is 83.6 Å². The molecule has 4 aromatic rings. The van der Waals surface area contributed by atoms with Crippen molar-refractivity contribution in [3.63, 3.8) is 0 Å². The minimum absolute atomic E-state index is 0.132. The molecule has 43 heavy (non-hydrogen) atoms. The molecule has 2 aliphatic carbocycles. The molecule has 7 nitrogen and oxygen atoms in total. The molecule has 8 rings (SSSR count). The van der Waals surface area contributed by atoms with Crippen LogP contribution in [-0.2, 0) is 19.4 Å². The van der Waals surface area contributed by atoms with Gasteiger partial charge in [-0.2, -0.15) is 5.10 Å². The normalized spacial score (nSPS) is 22.2. The monoisotopic (exact) mass is 572 g/mol. The van der Waals surface area contributed by atoms with E-state index >= 15 is 0 Å². The molecule has 0 N–H and O–H groups in total. The maximum atomic E-state index is 14.3. The highest BCUT2D eigenvalue weighted by molar-refractivity contribution is 5.95. The summed E-state index contributed by atoms with van der Waals surface area (Å²) in [5.74, 6) is 1.05. The van der Waals surface area contributed by atoms with E-state index < -0.39 is 0 Å². The molecule has 2 saturated heterocycles. The molecule has 7 heteroatoms. The first-order chi connectivity index (χ1) is 21.2. The van der Waals surface area contributed by atoms with E-state index in [2.05, 4.69) is 64.4 Å². The van der Waals surface area contributed by atoms with E-state index in [1.54, 1.807) is 6.20 Å². The van der Waals surface area contributed by atoms with Crippen molar-refractivity contribution in [3.05, 3.63) is 94.9 Å². The summed E-state index contributed by atoms with van der Waals surface area (Å²) < 4.78 is 1.88. The SMILES string of the molecule is O=C(c1cnn(-c2ncc3c(n2)-c2ccccc2CCC3)c1C1CC1)N1CCCC2(CCCN(Cc3ccccc3)C2)C1. The molecule has 2 aliphatic heterocycles. The van der Waals surface area contributed by atoms with Gasteiger partial charge in [-0.25, -0.2) is 14.6 Å².